The van der Waals surface area contributed by atoms with E-state index in [4.69, 9.17) is 0 Å². The third-order valence-electron chi connectivity index (χ3n) is 7.47. The molecule has 0 aliphatic rings. The number of benzene rings is 6. The van der Waals surface area contributed by atoms with E-state index >= 15 is 0 Å². The fourth-order valence-corrected chi connectivity index (χ4v) is 5.65. The Hall–Kier alpha value is -4.36. The Bertz CT molecular complexity index is 1850. The Labute approximate surface area is 204 Å². The van der Waals surface area contributed by atoms with E-state index in [9.17, 15) is 0 Å². The summed E-state index contributed by atoms with van der Waals surface area (Å²) in [5.74, 6) is 0. The molecule has 0 saturated carbocycles. The minimum atomic E-state index is 1.18. The highest BCUT2D eigenvalue weighted by Crippen LogP contribution is 2.36. The highest BCUT2D eigenvalue weighted by atomic mass is 15.0. The Morgan fingerprint density at radius 1 is 0.457 bits per heavy atom. The van der Waals surface area contributed by atoms with Gasteiger partial charge in [-0.3, -0.25) is 0 Å². The smallest absolute Gasteiger partial charge is 0.0541 e. The summed E-state index contributed by atoms with van der Waals surface area (Å²) in [6.07, 6.45) is 0. The molecule has 0 N–H and O–H groups in total. The van der Waals surface area contributed by atoms with Crippen molar-refractivity contribution in [2.45, 2.75) is 13.8 Å². The average Bonchev–Trinajstić information content (AvgIpc) is 3.24. The van der Waals surface area contributed by atoms with Gasteiger partial charge in [-0.2, -0.15) is 0 Å². The second kappa shape index (κ2) is 7.58. The first-order chi connectivity index (χ1) is 17.2. The molecule has 1 heteroatoms. The van der Waals surface area contributed by atoms with E-state index in [1.807, 2.05) is 0 Å². The van der Waals surface area contributed by atoms with Crippen LogP contribution in [-0.2, 0) is 0 Å². The van der Waals surface area contributed by atoms with Gasteiger partial charge in [0.25, 0.3) is 0 Å². The van der Waals surface area contributed by atoms with Crippen LogP contribution in [0, 0.1) is 13.8 Å². The van der Waals surface area contributed by atoms with Gasteiger partial charge in [0.15, 0.2) is 0 Å². The van der Waals surface area contributed by atoms with Crippen molar-refractivity contribution >= 4 is 43.4 Å². The molecule has 1 heterocycles. The predicted octanol–water partition coefficient (Wildman–Crippen LogP) is 9.37. The number of nitrogens with zero attached hydrogens (tertiary/aromatic N) is 1. The predicted molar refractivity (Wildman–Crippen MR) is 151 cm³/mol. The molecule has 1 aromatic heterocycles. The Morgan fingerprint density at radius 2 is 1.06 bits per heavy atom. The van der Waals surface area contributed by atoms with Gasteiger partial charge in [0.2, 0.25) is 0 Å². The lowest BCUT2D eigenvalue weighted by atomic mass is 9.92. The van der Waals surface area contributed by atoms with Gasteiger partial charge in [0, 0.05) is 16.5 Å². The van der Waals surface area contributed by atoms with Crippen LogP contribution in [0.1, 0.15) is 11.1 Å². The van der Waals surface area contributed by atoms with Crippen molar-refractivity contribution in [2.75, 3.05) is 0 Å². The van der Waals surface area contributed by atoms with Crippen LogP contribution < -0.4 is 0 Å². The van der Waals surface area contributed by atoms with E-state index in [0.717, 1.165) is 0 Å². The van der Waals surface area contributed by atoms with Crippen molar-refractivity contribution in [2.24, 2.45) is 0 Å². The average molecular weight is 448 g/mol. The highest BCUT2D eigenvalue weighted by Gasteiger charge is 2.12. The van der Waals surface area contributed by atoms with E-state index in [-0.39, 0.29) is 0 Å². The third kappa shape index (κ3) is 3.02. The van der Waals surface area contributed by atoms with Gasteiger partial charge in [-0.05, 0) is 94.0 Å². The molecule has 0 fully saturated rings. The minimum absolute atomic E-state index is 1.18. The van der Waals surface area contributed by atoms with Crippen molar-refractivity contribution in [3.8, 4) is 16.8 Å². The van der Waals surface area contributed by atoms with Crippen molar-refractivity contribution in [1.82, 2.24) is 4.57 Å². The van der Waals surface area contributed by atoms with E-state index < -0.39 is 0 Å². The molecule has 7 aromatic rings. The van der Waals surface area contributed by atoms with Crippen LogP contribution in [0.15, 0.2) is 115 Å². The summed E-state index contributed by atoms with van der Waals surface area (Å²) in [6.45, 7) is 4.40. The molecule has 0 aliphatic heterocycles. The lowest BCUT2D eigenvalue weighted by Gasteiger charge is -2.13. The fraction of sp³-hybridized carbons (Fsp3) is 0.0588. The molecule has 0 spiro atoms. The lowest BCUT2D eigenvalue weighted by molar-refractivity contribution is 1.18. The topological polar surface area (TPSA) is 4.93 Å². The maximum Gasteiger partial charge on any atom is 0.0541 e. The minimum Gasteiger partial charge on any atom is -0.309 e. The molecule has 0 aliphatic carbocycles. The quantitative estimate of drug-likeness (QED) is 0.233. The first-order valence-electron chi connectivity index (χ1n) is 12.2. The molecule has 0 bridgehead atoms. The van der Waals surface area contributed by atoms with Crippen molar-refractivity contribution < 1.29 is 0 Å². The summed E-state index contributed by atoms with van der Waals surface area (Å²) in [5.41, 5.74) is 8.83. The SMILES string of the molecule is Cc1ccc(C)c2cc3c(-c4ccc(-n5c6ccccc6c6ccccc65)cc4)cccc3cc12. The van der Waals surface area contributed by atoms with Gasteiger partial charge in [0.1, 0.15) is 0 Å². The number of para-hydroxylation sites is 2. The van der Waals surface area contributed by atoms with Gasteiger partial charge in [-0.25, -0.2) is 0 Å². The summed E-state index contributed by atoms with van der Waals surface area (Å²) in [7, 11) is 0. The van der Waals surface area contributed by atoms with E-state index in [0.29, 0.717) is 0 Å². The summed E-state index contributed by atoms with van der Waals surface area (Å²) in [4.78, 5) is 0. The Morgan fingerprint density at radius 3 is 1.71 bits per heavy atom. The van der Waals surface area contributed by atoms with Gasteiger partial charge in [-0.15, -0.1) is 0 Å². The molecule has 0 atom stereocenters. The van der Waals surface area contributed by atoms with Crippen LogP contribution in [0.2, 0.25) is 0 Å². The number of aromatic nitrogens is 1. The molecule has 0 saturated heterocycles. The number of fused-ring (bicyclic) bond motifs is 5. The van der Waals surface area contributed by atoms with Gasteiger partial charge in [-0.1, -0.05) is 78.9 Å². The molecule has 1 nitrogen and oxygen atoms in total. The van der Waals surface area contributed by atoms with Gasteiger partial charge in [0.05, 0.1) is 11.0 Å². The van der Waals surface area contributed by atoms with Crippen LogP contribution in [0.3, 0.4) is 0 Å². The maximum atomic E-state index is 2.38. The molecule has 35 heavy (non-hydrogen) atoms. The normalized spacial score (nSPS) is 11.7. The summed E-state index contributed by atoms with van der Waals surface area (Å²) < 4.78 is 2.37. The summed E-state index contributed by atoms with van der Waals surface area (Å²) >= 11 is 0. The van der Waals surface area contributed by atoms with Gasteiger partial charge >= 0.3 is 0 Å². The number of aryl methyl sites for hydroxylation is 2. The first-order valence-corrected chi connectivity index (χ1v) is 12.2. The van der Waals surface area contributed by atoms with Crippen molar-refractivity contribution in [3.63, 3.8) is 0 Å². The number of hydrogen-bond donors (Lipinski definition) is 0. The maximum absolute atomic E-state index is 2.38. The van der Waals surface area contributed by atoms with E-state index in [1.165, 1.54) is 71.3 Å². The zero-order chi connectivity index (χ0) is 23.5. The van der Waals surface area contributed by atoms with Crippen LogP contribution in [-0.4, -0.2) is 4.57 Å². The highest BCUT2D eigenvalue weighted by molar-refractivity contribution is 6.09. The van der Waals surface area contributed by atoms with Crippen molar-refractivity contribution in [1.29, 1.82) is 0 Å². The molecule has 0 unspecified atom stereocenters. The standard InChI is InChI=1S/C34H25N/c1-22-14-15-23(2)31-21-32-25(20-30(22)31)8-7-11-27(32)24-16-18-26(19-17-24)35-33-12-5-3-9-28(33)29-10-4-6-13-34(29)35/h3-21H,1-2H3. The molecule has 0 radical (unpaired) electrons. The Kier molecular flexibility index (Phi) is 4.34. The molecular formula is C34H25N. The summed E-state index contributed by atoms with van der Waals surface area (Å²) in [6, 6.07) is 42.2. The van der Waals surface area contributed by atoms with Crippen LogP contribution in [0.25, 0.3) is 60.2 Å². The van der Waals surface area contributed by atoms with Crippen LogP contribution in [0.4, 0.5) is 0 Å². The van der Waals surface area contributed by atoms with Crippen LogP contribution in [0.5, 0.6) is 0 Å². The van der Waals surface area contributed by atoms with Gasteiger partial charge < -0.3 is 4.57 Å². The van der Waals surface area contributed by atoms with E-state index in [1.54, 1.807) is 0 Å². The second-order valence-electron chi connectivity index (χ2n) is 9.54. The molecule has 7 rings (SSSR count). The first kappa shape index (κ1) is 20.1. The lowest BCUT2D eigenvalue weighted by Crippen LogP contribution is -1.93. The van der Waals surface area contributed by atoms with E-state index in [2.05, 4.69) is 134 Å². The summed E-state index contributed by atoms with van der Waals surface area (Å²) in [5, 5.41) is 7.86. The number of hydrogen-bond acceptors (Lipinski definition) is 0. The number of rotatable bonds is 2. The largest absolute Gasteiger partial charge is 0.309 e. The second-order valence-corrected chi connectivity index (χ2v) is 9.54. The molecule has 0 amide bonds. The third-order valence-corrected chi connectivity index (χ3v) is 7.47. The molecule has 6 aromatic carbocycles. The fourth-order valence-electron chi connectivity index (χ4n) is 5.65. The zero-order valence-electron chi connectivity index (χ0n) is 19.9. The Balaban J connectivity index is 1.41. The monoisotopic (exact) mass is 447 g/mol. The zero-order valence-corrected chi connectivity index (χ0v) is 19.9. The van der Waals surface area contributed by atoms with Crippen molar-refractivity contribution in [3.05, 3.63) is 126 Å². The van der Waals surface area contributed by atoms with Crippen LogP contribution >= 0.6 is 0 Å². The molecule has 166 valence electrons. The molecular weight excluding hydrogens is 422 g/mol.